The predicted octanol–water partition coefficient (Wildman–Crippen LogP) is 10.8. The van der Waals surface area contributed by atoms with Crippen LogP contribution < -0.4 is 0 Å². The lowest BCUT2D eigenvalue weighted by molar-refractivity contribution is -0.405. The van der Waals surface area contributed by atoms with Gasteiger partial charge in [-0.1, -0.05) is 212 Å². The molecular weight excluding hydrogens is 959 g/mol. The maximum atomic E-state index is 7.50. The van der Waals surface area contributed by atoms with Crippen molar-refractivity contribution in [1.29, 1.82) is 0 Å². The summed E-state index contributed by atoms with van der Waals surface area (Å²) in [6.45, 7) is 2.20. The van der Waals surface area contributed by atoms with Gasteiger partial charge in [0.15, 0.2) is 6.29 Å². The van der Waals surface area contributed by atoms with Gasteiger partial charge in [0.25, 0.3) is 0 Å². The molecule has 3 fully saturated rings. The average molecular weight is 1030 g/mol. The van der Waals surface area contributed by atoms with Gasteiger partial charge in [-0.05, 0) is 38.9 Å². The Morgan fingerprint density at radius 1 is 0.421 bits per heavy atom. The standard InChI is InChI=1S/C64H69NO11/c1-65-54(56-58(69-41-49-28-14-5-15-29-49)59(70-42-50-30-16-6-17-31-50)61(63(66-2)74-56)72-44-52-34-20-8-21-35-52)38-64(76-65)62(73-45-53-36-22-9-23-37-53)60(71-43-51-32-18-7-19-33-51)57(68-40-48-26-12-4-13-27-48)55(75-64)46-67-39-47-24-10-3-11-25-47/h3-37,54-63H,38-46H2,1-2H3/t54-,55-,56-,57-,58-,59+,60+,61-,62+,63+,64+/m1/s1. The third kappa shape index (κ3) is 13.8. The fourth-order valence-corrected chi connectivity index (χ4v) is 10.4. The van der Waals surface area contributed by atoms with E-state index in [4.69, 9.17) is 52.2 Å². The van der Waals surface area contributed by atoms with Crippen LogP contribution in [0.4, 0.5) is 0 Å². The zero-order chi connectivity index (χ0) is 51.8. The number of benzene rings is 7. The van der Waals surface area contributed by atoms with Crippen molar-refractivity contribution in [3.05, 3.63) is 251 Å². The van der Waals surface area contributed by atoms with Crippen molar-refractivity contribution in [3.63, 3.8) is 0 Å². The lowest BCUT2D eigenvalue weighted by Gasteiger charge is -2.50. The summed E-state index contributed by atoms with van der Waals surface area (Å²) in [4.78, 5) is 7.27. The summed E-state index contributed by atoms with van der Waals surface area (Å²) in [5.41, 5.74) is 7.01. The van der Waals surface area contributed by atoms with Gasteiger partial charge in [0.05, 0.1) is 58.9 Å². The molecule has 7 aromatic carbocycles. The Balaban J connectivity index is 1.04. The van der Waals surface area contributed by atoms with E-state index < -0.39 is 67.0 Å². The summed E-state index contributed by atoms with van der Waals surface area (Å²) in [7, 11) is 3.55. The van der Waals surface area contributed by atoms with Gasteiger partial charge >= 0.3 is 0 Å². The van der Waals surface area contributed by atoms with Crippen LogP contribution in [0.25, 0.3) is 0 Å². The summed E-state index contributed by atoms with van der Waals surface area (Å²) >= 11 is 0. The molecule has 10 rings (SSSR count). The zero-order valence-corrected chi connectivity index (χ0v) is 43.3. The molecule has 11 atom stereocenters. The fourth-order valence-electron chi connectivity index (χ4n) is 10.4. The number of likely N-dealkylation sites (N-methyl/N-ethyl adjacent to an activating group) is 1. The van der Waals surface area contributed by atoms with E-state index in [1.807, 2.05) is 176 Å². The Labute approximate surface area is 447 Å². The smallest absolute Gasteiger partial charge is 0.219 e. The summed E-state index contributed by atoms with van der Waals surface area (Å²) in [6.07, 6.45) is -6.41. The van der Waals surface area contributed by atoms with Crippen LogP contribution in [-0.2, 0) is 98.5 Å². The molecule has 0 aliphatic carbocycles. The molecule has 3 aliphatic rings. The fraction of sp³-hybridized carbons (Fsp3) is 0.344. The molecule has 0 radical (unpaired) electrons. The normalized spacial score (nSPS) is 26.7. The van der Waals surface area contributed by atoms with E-state index in [9.17, 15) is 0 Å². The van der Waals surface area contributed by atoms with Crippen LogP contribution in [0, 0.1) is 0 Å². The van der Waals surface area contributed by atoms with Crippen LogP contribution in [-0.4, -0.2) is 92.8 Å². The monoisotopic (exact) mass is 1030 g/mol. The first-order valence-corrected chi connectivity index (χ1v) is 26.3. The first-order chi connectivity index (χ1) is 37.5. The van der Waals surface area contributed by atoms with Gasteiger partial charge in [-0.15, -0.1) is 0 Å². The number of rotatable bonds is 24. The largest absolute Gasteiger partial charge is 0.374 e. The van der Waals surface area contributed by atoms with Crippen LogP contribution in [0.3, 0.4) is 0 Å². The van der Waals surface area contributed by atoms with Gasteiger partial charge in [0.2, 0.25) is 5.79 Å². The summed E-state index contributed by atoms with van der Waals surface area (Å²) < 4.78 is 70.0. The molecule has 76 heavy (non-hydrogen) atoms. The minimum atomic E-state index is -1.47. The molecule has 12 heteroatoms. The highest BCUT2D eigenvalue weighted by Crippen LogP contribution is 2.48. The zero-order valence-electron chi connectivity index (χ0n) is 43.3. The lowest BCUT2D eigenvalue weighted by atomic mass is 9.85. The highest BCUT2D eigenvalue weighted by atomic mass is 16.8. The quantitative estimate of drug-likeness (QED) is 0.0576. The lowest BCUT2D eigenvalue weighted by Crippen LogP contribution is -2.67. The van der Waals surface area contributed by atoms with E-state index in [-0.39, 0.29) is 32.8 Å². The van der Waals surface area contributed by atoms with Gasteiger partial charge in [-0.25, -0.2) is 0 Å². The Kier molecular flexibility index (Phi) is 18.9. The molecule has 0 amide bonds. The van der Waals surface area contributed by atoms with E-state index in [2.05, 4.69) is 48.5 Å². The number of hydrogen-bond donors (Lipinski definition) is 0. The maximum Gasteiger partial charge on any atom is 0.219 e. The van der Waals surface area contributed by atoms with Crippen LogP contribution in [0.1, 0.15) is 45.4 Å². The molecule has 0 unspecified atom stereocenters. The van der Waals surface area contributed by atoms with E-state index in [1.54, 1.807) is 7.11 Å². The SMILES string of the molecule is CO[C@H]1O[C@H]([C@H]2C[C@]3(O[C@H](COCc4ccccc4)[C@@H](OCc4ccccc4)[C@H](OCc4ccccc4)[C@@H]3OCc3ccccc3)ON2C)[C@@H](OCc2ccccc2)[C@H](OCc2ccccc2)[C@H]1OCc1ccccc1. The highest BCUT2D eigenvalue weighted by Gasteiger charge is 2.65. The highest BCUT2D eigenvalue weighted by molar-refractivity contribution is 5.20. The predicted molar refractivity (Wildman–Crippen MR) is 287 cm³/mol. The van der Waals surface area contributed by atoms with Crippen molar-refractivity contribution >= 4 is 0 Å². The second-order valence-electron chi connectivity index (χ2n) is 19.6. The minimum Gasteiger partial charge on any atom is -0.374 e. The topological polar surface area (TPSA) is 105 Å². The summed E-state index contributed by atoms with van der Waals surface area (Å²) in [6, 6.07) is 70.3. The third-order valence-electron chi connectivity index (χ3n) is 14.3. The van der Waals surface area contributed by atoms with Crippen molar-refractivity contribution in [2.24, 2.45) is 0 Å². The molecule has 7 aromatic rings. The molecule has 1 spiro atoms. The molecular formula is C64H69NO11. The van der Waals surface area contributed by atoms with Gasteiger partial charge in [0, 0.05) is 20.6 Å². The number of hydroxylamine groups is 2. The summed E-state index contributed by atoms with van der Waals surface area (Å²) in [5, 5.41) is 1.83. The van der Waals surface area contributed by atoms with Crippen molar-refractivity contribution in [2.75, 3.05) is 20.8 Å². The second kappa shape index (κ2) is 26.9. The Morgan fingerprint density at radius 3 is 1.20 bits per heavy atom. The molecule has 3 aliphatic heterocycles. The van der Waals surface area contributed by atoms with Gasteiger partial charge < -0.3 is 47.4 Å². The molecule has 0 aromatic heterocycles. The number of ether oxygens (including phenoxy) is 10. The van der Waals surface area contributed by atoms with Crippen molar-refractivity contribution in [2.45, 2.75) is 120 Å². The van der Waals surface area contributed by atoms with Crippen LogP contribution in [0.5, 0.6) is 0 Å². The van der Waals surface area contributed by atoms with E-state index in [1.165, 1.54) is 0 Å². The van der Waals surface area contributed by atoms with E-state index in [0.29, 0.717) is 26.4 Å². The van der Waals surface area contributed by atoms with E-state index >= 15 is 0 Å². The Hall–Kier alpha value is -5.94. The van der Waals surface area contributed by atoms with E-state index in [0.717, 1.165) is 38.9 Å². The molecule has 0 N–H and O–H groups in total. The van der Waals surface area contributed by atoms with Crippen LogP contribution in [0.2, 0.25) is 0 Å². The van der Waals surface area contributed by atoms with Crippen molar-refractivity contribution in [1.82, 2.24) is 5.06 Å². The second-order valence-corrected chi connectivity index (χ2v) is 19.6. The third-order valence-corrected chi connectivity index (χ3v) is 14.3. The maximum absolute atomic E-state index is 7.50. The molecule has 0 saturated carbocycles. The Morgan fingerprint density at radius 2 is 0.776 bits per heavy atom. The van der Waals surface area contributed by atoms with Crippen LogP contribution >= 0.6 is 0 Å². The van der Waals surface area contributed by atoms with Gasteiger partial charge in [-0.2, -0.15) is 5.06 Å². The molecule has 3 heterocycles. The van der Waals surface area contributed by atoms with Crippen LogP contribution in [0.15, 0.2) is 212 Å². The molecule has 3 saturated heterocycles. The van der Waals surface area contributed by atoms with Crippen molar-refractivity contribution < 1.29 is 52.2 Å². The minimum absolute atomic E-state index is 0.161. The number of methoxy groups -OCH3 is 1. The molecule has 12 nitrogen and oxygen atoms in total. The average Bonchev–Trinajstić information content (AvgIpc) is 3.95. The van der Waals surface area contributed by atoms with Gasteiger partial charge in [0.1, 0.15) is 48.8 Å². The first kappa shape index (κ1) is 53.5. The first-order valence-electron chi connectivity index (χ1n) is 26.3. The number of hydrogen-bond acceptors (Lipinski definition) is 12. The summed E-state index contributed by atoms with van der Waals surface area (Å²) in [5.74, 6) is -1.47. The van der Waals surface area contributed by atoms with Crippen molar-refractivity contribution in [3.8, 4) is 0 Å². The Bertz CT molecular complexity index is 2730. The van der Waals surface area contributed by atoms with Gasteiger partial charge in [-0.3, -0.25) is 4.84 Å². The molecule has 0 bridgehead atoms. The molecule has 396 valence electrons. The number of nitrogens with zero attached hydrogens (tertiary/aromatic N) is 1.